The normalized spacial score (nSPS) is 12.7. The number of halogens is 1. The quantitative estimate of drug-likeness (QED) is 0.0896. The van der Waals surface area contributed by atoms with Gasteiger partial charge in [-0.3, -0.25) is 20.2 Å². The summed E-state index contributed by atoms with van der Waals surface area (Å²) in [4.78, 5) is 10.8. The van der Waals surface area contributed by atoms with Crippen molar-refractivity contribution in [1.82, 2.24) is 9.88 Å². The number of nitriles is 1. The lowest BCUT2D eigenvalue weighted by atomic mass is 9.99. The predicted molar refractivity (Wildman–Crippen MR) is 126 cm³/mol. The number of allylic oxidation sites excluding steroid dienone is 2. The highest BCUT2D eigenvalue weighted by molar-refractivity contribution is 7.90. The van der Waals surface area contributed by atoms with E-state index in [4.69, 9.17) is 21.8 Å². The van der Waals surface area contributed by atoms with Gasteiger partial charge in [0.25, 0.3) is 0 Å². The number of carbonyl (C=O) groups excluding carboxylic acids is 1. The van der Waals surface area contributed by atoms with E-state index >= 15 is 0 Å². The number of rotatable bonds is 11. The number of aromatic nitrogens is 1. The molecular weight excluding hydrogens is 427 g/mol. The Morgan fingerprint density at radius 1 is 1.34 bits per heavy atom. The van der Waals surface area contributed by atoms with Crippen LogP contribution in [0.2, 0.25) is 0 Å². The average Bonchev–Trinajstić information content (AvgIpc) is 2.79. The van der Waals surface area contributed by atoms with Gasteiger partial charge in [-0.15, -0.1) is 12.6 Å². The Hall–Kier alpha value is -3.48. The molecule has 0 aliphatic rings. The topological polar surface area (TPSA) is 132 Å². The Kier molecular flexibility index (Phi) is 9.60. The number of benzene rings is 1. The SMILES string of the molecule is N#Cc1ccc(C(/C=C/CC(N)CCCNC=O)=C(/S)c2ccn(C=N)c(=N)c2)cc1F. The molecule has 32 heavy (non-hydrogen) atoms. The minimum absolute atomic E-state index is 0.0519. The minimum Gasteiger partial charge on any atom is -0.359 e. The minimum atomic E-state index is -0.632. The van der Waals surface area contributed by atoms with Crippen molar-refractivity contribution < 1.29 is 9.18 Å². The Labute approximate surface area is 191 Å². The van der Waals surface area contributed by atoms with Crippen LogP contribution in [0, 0.1) is 28.0 Å². The molecule has 1 aromatic carbocycles. The van der Waals surface area contributed by atoms with Gasteiger partial charge in [0.15, 0.2) is 0 Å². The number of carbonyl (C=O) groups is 1. The van der Waals surface area contributed by atoms with Crippen molar-refractivity contribution in [3.8, 4) is 6.07 Å². The van der Waals surface area contributed by atoms with E-state index in [9.17, 15) is 9.18 Å². The maximum absolute atomic E-state index is 14.3. The van der Waals surface area contributed by atoms with E-state index in [2.05, 4.69) is 17.9 Å². The molecule has 166 valence electrons. The van der Waals surface area contributed by atoms with Crippen molar-refractivity contribution >= 4 is 35.9 Å². The van der Waals surface area contributed by atoms with E-state index in [1.165, 1.54) is 16.7 Å². The van der Waals surface area contributed by atoms with Crippen molar-refractivity contribution in [1.29, 1.82) is 16.1 Å². The molecule has 0 aliphatic heterocycles. The smallest absolute Gasteiger partial charge is 0.207 e. The summed E-state index contributed by atoms with van der Waals surface area (Å²) in [5.74, 6) is -0.632. The number of nitrogens with one attached hydrogen (secondary N) is 3. The summed E-state index contributed by atoms with van der Waals surface area (Å²) in [6, 6.07) is 9.31. The molecule has 2 rings (SSSR count). The number of pyridine rings is 1. The number of thiol groups is 1. The maximum atomic E-state index is 14.3. The molecule has 2 aromatic rings. The average molecular weight is 453 g/mol. The molecule has 0 fully saturated rings. The number of nitrogens with two attached hydrogens (primary N) is 1. The van der Waals surface area contributed by atoms with Crippen molar-refractivity contribution in [3.63, 3.8) is 0 Å². The Bertz CT molecular complexity index is 1130. The molecule has 1 unspecified atom stereocenters. The zero-order chi connectivity index (χ0) is 23.5. The first-order chi connectivity index (χ1) is 15.4. The third-order valence-corrected chi connectivity index (χ3v) is 5.26. The summed E-state index contributed by atoms with van der Waals surface area (Å²) in [7, 11) is 0. The van der Waals surface area contributed by atoms with Gasteiger partial charge in [0.1, 0.15) is 17.4 Å². The molecule has 0 aliphatic carbocycles. The van der Waals surface area contributed by atoms with E-state index in [0.717, 1.165) is 19.2 Å². The van der Waals surface area contributed by atoms with Crippen LogP contribution >= 0.6 is 12.6 Å². The summed E-state index contributed by atoms with van der Waals surface area (Å²) in [5.41, 5.74) is 7.95. The maximum Gasteiger partial charge on any atom is 0.207 e. The van der Waals surface area contributed by atoms with Gasteiger partial charge in [-0.25, -0.2) is 4.39 Å². The van der Waals surface area contributed by atoms with E-state index < -0.39 is 5.82 Å². The van der Waals surface area contributed by atoms with Gasteiger partial charge in [-0.1, -0.05) is 18.2 Å². The highest BCUT2D eigenvalue weighted by Gasteiger charge is 2.11. The molecule has 0 saturated carbocycles. The fraction of sp³-hybridized carbons (Fsp3) is 0.217. The summed E-state index contributed by atoms with van der Waals surface area (Å²) in [5, 5.41) is 27.0. The van der Waals surface area contributed by atoms with E-state index in [1.807, 2.05) is 12.1 Å². The predicted octanol–water partition coefficient (Wildman–Crippen LogP) is 3.03. The lowest BCUT2D eigenvalue weighted by Crippen LogP contribution is -2.21. The van der Waals surface area contributed by atoms with Crippen LogP contribution in [0.4, 0.5) is 4.39 Å². The number of nitrogens with zero attached hydrogens (tertiary/aromatic N) is 2. The molecule has 0 radical (unpaired) electrons. The van der Waals surface area contributed by atoms with Gasteiger partial charge in [-0.2, -0.15) is 5.26 Å². The largest absolute Gasteiger partial charge is 0.359 e. The van der Waals surface area contributed by atoms with Crippen molar-refractivity contribution in [2.75, 3.05) is 6.54 Å². The zero-order valence-corrected chi connectivity index (χ0v) is 18.3. The van der Waals surface area contributed by atoms with Gasteiger partial charge in [-0.05, 0) is 60.2 Å². The Balaban J connectivity index is 2.38. The van der Waals surface area contributed by atoms with Crippen LogP contribution in [-0.4, -0.2) is 29.9 Å². The standard InChI is InChI=1S/C23H25FN6OS/c24-21-11-16(6-7-18(21)13-25)20(5-1-3-19(27)4-2-9-29-15-31)23(32)17-8-10-30(14-26)22(28)12-17/h1,5-8,10-12,14-15,19,26,28,32H,2-4,9,27H2,(H,29,31)/b5-1+,23-20+,26-14?,28-22?. The van der Waals surface area contributed by atoms with Gasteiger partial charge >= 0.3 is 0 Å². The third kappa shape index (κ3) is 6.77. The molecule has 7 nitrogen and oxygen atoms in total. The Morgan fingerprint density at radius 2 is 2.12 bits per heavy atom. The summed E-state index contributed by atoms with van der Waals surface area (Å²) in [6.45, 7) is 0.566. The lowest BCUT2D eigenvalue weighted by molar-refractivity contribution is -0.109. The second-order valence-corrected chi connectivity index (χ2v) is 7.47. The Morgan fingerprint density at radius 3 is 2.75 bits per heavy atom. The van der Waals surface area contributed by atoms with Crippen LogP contribution in [0.25, 0.3) is 10.5 Å². The van der Waals surface area contributed by atoms with Crippen LogP contribution in [0.15, 0.2) is 48.7 Å². The molecule has 9 heteroatoms. The van der Waals surface area contributed by atoms with Gasteiger partial charge in [0.05, 0.1) is 11.9 Å². The third-order valence-electron chi connectivity index (χ3n) is 4.76. The lowest BCUT2D eigenvalue weighted by Gasteiger charge is -2.12. The van der Waals surface area contributed by atoms with Gasteiger partial charge in [0, 0.05) is 23.7 Å². The molecule has 0 bridgehead atoms. The second-order valence-electron chi connectivity index (χ2n) is 7.02. The van der Waals surface area contributed by atoms with Crippen molar-refractivity contribution in [3.05, 3.63) is 76.7 Å². The highest BCUT2D eigenvalue weighted by atomic mass is 32.1. The number of hydrogen-bond donors (Lipinski definition) is 5. The fourth-order valence-corrected chi connectivity index (χ4v) is 3.36. The first kappa shape index (κ1) is 24.8. The first-order valence-electron chi connectivity index (χ1n) is 9.91. The molecule has 1 aromatic heterocycles. The zero-order valence-electron chi connectivity index (χ0n) is 17.4. The number of hydrogen-bond acceptors (Lipinski definition) is 6. The molecule has 5 N–H and O–H groups in total. The molecule has 1 amide bonds. The van der Waals surface area contributed by atoms with Gasteiger partial charge in [0.2, 0.25) is 6.41 Å². The summed E-state index contributed by atoms with van der Waals surface area (Å²) >= 11 is 4.64. The van der Waals surface area contributed by atoms with Crippen LogP contribution in [0.1, 0.15) is 36.0 Å². The van der Waals surface area contributed by atoms with Crippen LogP contribution in [0.5, 0.6) is 0 Å². The van der Waals surface area contributed by atoms with Crippen molar-refractivity contribution in [2.45, 2.75) is 25.3 Å². The van der Waals surface area contributed by atoms with Crippen LogP contribution < -0.4 is 16.5 Å². The van der Waals surface area contributed by atoms with Crippen molar-refractivity contribution in [2.24, 2.45) is 5.73 Å². The fourth-order valence-electron chi connectivity index (χ4n) is 3.02. The summed E-state index contributed by atoms with van der Waals surface area (Å²) in [6.07, 6.45) is 8.99. The van der Waals surface area contributed by atoms with E-state index in [-0.39, 0.29) is 17.1 Å². The first-order valence-corrected chi connectivity index (χ1v) is 10.4. The second kappa shape index (κ2) is 12.4. The molecule has 0 spiro atoms. The van der Waals surface area contributed by atoms with E-state index in [0.29, 0.717) is 41.0 Å². The summed E-state index contributed by atoms with van der Waals surface area (Å²) < 4.78 is 15.6. The molecule has 1 atom stereocenters. The van der Waals surface area contributed by atoms with Crippen LogP contribution in [-0.2, 0) is 4.79 Å². The monoisotopic (exact) mass is 452 g/mol. The van der Waals surface area contributed by atoms with Crippen LogP contribution in [0.3, 0.4) is 0 Å². The number of amides is 1. The molecular formula is C23H25FN6OS. The highest BCUT2D eigenvalue weighted by Crippen LogP contribution is 2.31. The van der Waals surface area contributed by atoms with E-state index in [1.54, 1.807) is 30.5 Å². The molecule has 1 heterocycles. The van der Waals surface area contributed by atoms with Gasteiger partial charge < -0.3 is 11.1 Å². The molecule has 0 saturated heterocycles.